The van der Waals surface area contributed by atoms with Gasteiger partial charge < -0.3 is 25.6 Å². The van der Waals surface area contributed by atoms with Crippen LogP contribution in [0, 0.1) is 0 Å². The molecule has 0 spiro atoms. The van der Waals surface area contributed by atoms with Gasteiger partial charge in [-0.25, -0.2) is 4.79 Å². The number of hydrogen-bond acceptors (Lipinski definition) is 6. The van der Waals surface area contributed by atoms with Gasteiger partial charge in [-0.05, 0) is 44.6 Å². The summed E-state index contributed by atoms with van der Waals surface area (Å²) in [7, 11) is 0. The van der Waals surface area contributed by atoms with E-state index in [1.54, 1.807) is 0 Å². The zero-order valence-corrected chi connectivity index (χ0v) is 32.9. The van der Waals surface area contributed by atoms with Gasteiger partial charge in [0.2, 0.25) is 11.8 Å². The third kappa shape index (κ3) is 34.4. The number of nitrogens with one attached hydrogen (secondary N) is 2. The lowest BCUT2D eigenvalue weighted by atomic mass is 10.0. The first-order chi connectivity index (χ1) is 24.8. The fourth-order valence-corrected chi connectivity index (χ4v) is 6.21. The van der Waals surface area contributed by atoms with Gasteiger partial charge in [0.1, 0.15) is 12.1 Å². The summed E-state index contributed by atoms with van der Waals surface area (Å²) in [6.07, 6.45) is 38.5. The van der Waals surface area contributed by atoms with Crippen LogP contribution in [-0.2, 0) is 23.9 Å². The van der Waals surface area contributed by atoms with Gasteiger partial charge in [-0.2, -0.15) is 0 Å². The molecule has 0 rings (SSSR count). The number of carbonyl (C=O) groups is 4. The highest BCUT2D eigenvalue weighted by molar-refractivity contribution is 5.87. The van der Waals surface area contributed by atoms with Crippen LogP contribution in [0.4, 0.5) is 0 Å². The van der Waals surface area contributed by atoms with Crippen LogP contribution in [0.2, 0.25) is 0 Å². The topological polar surface area (TPSA) is 142 Å². The van der Waals surface area contributed by atoms with E-state index < -0.39 is 24.5 Å². The summed E-state index contributed by atoms with van der Waals surface area (Å²) < 4.78 is 5.86. The summed E-state index contributed by atoms with van der Waals surface area (Å²) in [5.74, 6) is -2.39. The summed E-state index contributed by atoms with van der Waals surface area (Å²) in [5, 5.41) is 22.5. The minimum absolute atomic E-state index is 0.112. The van der Waals surface area contributed by atoms with E-state index in [9.17, 15) is 19.2 Å². The number of aliphatic hydroxyl groups excluding tert-OH is 1. The molecule has 0 saturated carbocycles. The summed E-state index contributed by atoms with van der Waals surface area (Å²) >= 11 is 0. The molecule has 0 aromatic carbocycles. The number of allylic oxidation sites excluding steroid dienone is 1. The van der Waals surface area contributed by atoms with Gasteiger partial charge in [0.25, 0.3) is 0 Å². The Balaban J connectivity index is 3.99. The van der Waals surface area contributed by atoms with Gasteiger partial charge in [0, 0.05) is 12.8 Å². The van der Waals surface area contributed by atoms with Crippen molar-refractivity contribution in [3.05, 3.63) is 12.2 Å². The molecule has 0 aliphatic heterocycles. The lowest BCUT2D eigenvalue weighted by molar-refractivity contribution is -0.147. The molecule has 0 aliphatic rings. The van der Waals surface area contributed by atoms with Crippen LogP contribution >= 0.6 is 0 Å². The number of aliphatic carboxylic acids is 1. The first-order valence-electron chi connectivity index (χ1n) is 21.1. The molecule has 2 atom stereocenters. The number of carbonyl (C=O) groups excluding carboxylic acids is 3. The summed E-state index contributed by atoms with van der Waals surface area (Å²) in [5.41, 5.74) is 0. The molecular formula is C42H78N2O7. The molecule has 0 aromatic rings. The molecule has 0 bridgehead atoms. The second kappa shape index (κ2) is 37.3. The van der Waals surface area contributed by atoms with Crippen LogP contribution in [-0.4, -0.2) is 59.3 Å². The van der Waals surface area contributed by atoms with Crippen molar-refractivity contribution in [1.82, 2.24) is 10.6 Å². The third-order valence-corrected chi connectivity index (χ3v) is 9.50. The van der Waals surface area contributed by atoms with Crippen molar-refractivity contribution in [3.63, 3.8) is 0 Å². The lowest BCUT2D eigenvalue weighted by Gasteiger charge is -2.15. The predicted octanol–water partition coefficient (Wildman–Crippen LogP) is 9.88. The average molecular weight is 723 g/mol. The largest absolute Gasteiger partial charge is 0.480 e. The molecule has 0 radical (unpaired) electrons. The Kier molecular flexibility index (Phi) is 35.6. The number of ether oxygens (including phenoxy) is 1. The Bertz CT molecular complexity index is 879. The predicted molar refractivity (Wildman–Crippen MR) is 209 cm³/mol. The molecule has 0 aliphatic carbocycles. The highest BCUT2D eigenvalue weighted by atomic mass is 16.5. The van der Waals surface area contributed by atoms with Crippen LogP contribution in [0.3, 0.4) is 0 Å². The number of carboxylic acids is 1. The maximum atomic E-state index is 12.6. The van der Waals surface area contributed by atoms with E-state index in [-0.39, 0.29) is 30.9 Å². The number of amides is 2. The summed E-state index contributed by atoms with van der Waals surface area (Å²) in [6, 6.07) is -1.39. The number of rotatable bonds is 38. The second-order valence-electron chi connectivity index (χ2n) is 14.4. The van der Waals surface area contributed by atoms with Crippen molar-refractivity contribution in [1.29, 1.82) is 0 Å². The molecule has 0 heterocycles. The quantitative estimate of drug-likeness (QED) is 0.0282. The SMILES string of the molecule is CCCCC/C=C\C(CCCCCCC(=O)NCC(=O)NC(CO)C(=O)O)OC(=O)CCCCCCCCCCCCCCCCCCCCC. The van der Waals surface area contributed by atoms with E-state index in [4.69, 9.17) is 14.9 Å². The zero-order chi connectivity index (χ0) is 37.6. The van der Waals surface area contributed by atoms with Gasteiger partial charge in [0.15, 0.2) is 0 Å². The number of carboxylic acid groups (broad SMARTS) is 1. The van der Waals surface area contributed by atoms with Gasteiger partial charge in [-0.1, -0.05) is 161 Å². The van der Waals surface area contributed by atoms with Gasteiger partial charge >= 0.3 is 11.9 Å². The summed E-state index contributed by atoms with van der Waals surface area (Å²) in [4.78, 5) is 47.3. The molecule has 0 saturated heterocycles. The monoisotopic (exact) mass is 723 g/mol. The fourth-order valence-electron chi connectivity index (χ4n) is 6.21. The Morgan fingerprint density at radius 3 is 1.53 bits per heavy atom. The molecule has 9 nitrogen and oxygen atoms in total. The third-order valence-electron chi connectivity index (χ3n) is 9.50. The maximum Gasteiger partial charge on any atom is 0.328 e. The maximum absolute atomic E-state index is 12.6. The Labute approximate surface area is 311 Å². The van der Waals surface area contributed by atoms with Crippen LogP contribution in [0.5, 0.6) is 0 Å². The molecular weight excluding hydrogens is 644 g/mol. The molecule has 4 N–H and O–H groups in total. The summed E-state index contributed by atoms with van der Waals surface area (Å²) in [6.45, 7) is 3.41. The van der Waals surface area contributed by atoms with E-state index in [1.807, 2.05) is 6.08 Å². The first-order valence-corrected chi connectivity index (χ1v) is 21.1. The van der Waals surface area contributed by atoms with Gasteiger partial charge in [-0.3, -0.25) is 14.4 Å². The molecule has 51 heavy (non-hydrogen) atoms. The second-order valence-corrected chi connectivity index (χ2v) is 14.4. The number of hydrogen-bond donors (Lipinski definition) is 4. The van der Waals surface area contributed by atoms with E-state index in [1.165, 1.54) is 122 Å². The number of unbranched alkanes of at least 4 members (excludes halogenated alkanes) is 24. The lowest BCUT2D eigenvalue weighted by Crippen LogP contribution is -2.47. The zero-order valence-electron chi connectivity index (χ0n) is 32.9. The van der Waals surface area contributed by atoms with Crippen LogP contribution in [0.15, 0.2) is 12.2 Å². The average Bonchev–Trinajstić information content (AvgIpc) is 3.11. The Morgan fingerprint density at radius 2 is 1.04 bits per heavy atom. The van der Waals surface area contributed by atoms with E-state index in [2.05, 4.69) is 30.6 Å². The van der Waals surface area contributed by atoms with Crippen molar-refractivity contribution < 1.29 is 34.1 Å². The molecule has 2 amide bonds. The smallest absolute Gasteiger partial charge is 0.328 e. The van der Waals surface area contributed by atoms with Crippen molar-refractivity contribution in [3.8, 4) is 0 Å². The van der Waals surface area contributed by atoms with Crippen LogP contribution in [0.1, 0.15) is 206 Å². The van der Waals surface area contributed by atoms with Gasteiger partial charge in [0.05, 0.1) is 13.2 Å². The molecule has 0 fully saturated rings. The van der Waals surface area contributed by atoms with Gasteiger partial charge in [-0.15, -0.1) is 0 Å². The Morgan fingerprint density at radius 1 is 0.588 bits per heavy atom. The molecule has 298 valence electrons. The van der Waals surface area contributed by atoms with Crippen molar-refractivity contribution >= 4 is 23.8 Å². The normalized spacial score (nSPS) is 12.5. The number of aliphatic hydroxyl groups is 1. The van der Waals surface area contributed by atoms with Crippen LogP contribution in [0.25, 0.3) is 0 Å². The minimum Gasteiger partial charge on any atom is -0.480 e. The molecule has 2 unspecified atom stereocenters. The molecule has 9 heteroatoms. The minimum atomic E-state index is -1.39. The molecule has 0 aromatic heterocycles. The highest BCUT2D eigenvalue weighted by Gasteiger charge is 2.18. The van der Waals surface area contributed by atoms with Crippen LogP contribution < -0.4 is 10.6 Å². The standard InChI is InChI=1S/C42H78N2O7/c1-3-5-7-9-10-11-12-13-14-15-16-17-18-19-20-21-22-24-30-34-41(48)51-37(31-27-23-8-6-4-2)32-28-25-26-29-33-39(46)43-35-40(47)44-38(36-45)42(49)50/h27,31,37-38,45H,3-26,28-30,32-36H2,1-2H3,(H,43,46)(H,44,47)(H,49,50)/b31-27-. The van der Waals surface area contributed by atoms with Crippen molar-refractivity contribution in [2.24, 2.45) is 0 Å². The van der Waals surface area contributed by atoms with E-state index >= 15 is 0 Å². The first kappa shape index (κ1) is 48.6. The fraction of sp³-hybridized carbons (Fsp3) is 0.857. The van der Waals surface area contributed by atoms with E-state index in [0.29, 0.717) is 12.8 Å². The van der Waals surface area contributed by atoms with E-state index in [0.717, 1.165) is 51.4 Å². The van der Waals surface area contributed by atoms with Crippen molar-refractivity contribution in [2.45, 2.75) is 219 Å². The van der Waals surface area contributed by atoms with Crippen molar-refractivity contribution in [2.75, 3.05) is 13.2 Å². The Hall–Kier alpha value is -2.42. The number of esters is 1. The highest BCUT2D eigenvalue weighted by Crippen LogP contribution is 2.16.